The zero-order chi connectivity index (χ0) is 13.1. The predicted molar refractivity (Wildman–Crippen MR) is 79.1 cm³/mol. The summed E-state index contributed by atoms with van der Waals surface area (Å²) in [6.07, 6.45) is 2.67. The molecule has 3 nitrogen and oxygen atoms in total. The third kappa shape index (κ3) is 2.78. The Morgan fingerprint density at radius 2 is 2.22 bits per heavy atom. The lowest BCUT2D eigenvalue weighted by Gasteiger charge is -2.29. The average Bonchev–Trinajstić information content (AvgIpc) is 2.79. The highest BCUT2D eigenvalue weighted by Gasteiger charge is 2.24. The Bertz CT molecular complexity index is 403. The molecule has 18 heavy (non-hydrogen) atoms. The molecule has 1 aromatic rings. The van der Waals surface area contributed by atoms with Gasteiger partial charge in [-0.25, -0.2) is 0 Å². The van der Waals surface area contributed by atoms with Crippen LogP contribution in [0.4, 0.5) is 11.4 Å². The van der Waals surface area contributed by atoms with Crippen LogP contribution in [0.15, 0.2) is 18.2 Å². The van der Waals surface area contributed by atoms with E-state index in [4.69, 9.17) is 5.73 Å². The molecule has 1 aliphatic rings. The number of nitrogens with two attached hydrogens (primary N) is 1. The number of anilines is 2. The number of likely N-dealkylation sites (N-methyl/N-ethyl adjacent to an activating group) is 2. The molecule has 0 aromatic heterocycles. The van der Waals surface area contributed by atoms with E-state index in [-0.39, 0.29) is 0 Å². The molecule has 0 spiro atoms. The molecule has 1 aliphatic heterocycles. The molecule has 2 N–H and O–H groups in total. The number of nitrogens with zero attached hydrogens (tertiary/aromatic N) is 2. The Kier molecular flexibility index (Phi) is 4.12. The van der Waals surface area contributed by atoms with E-state index in [1.54, 1.807) is 0 Å². The van der Waals surface area contributed by atoms with Crippen molar-refractivity contribution in [2.45, 2.75) is 32.7 Å². The van der Waals surface area contributed by atoms with Crippen molar-refractivity contribution in [3.05, 3.63) is 23.8 Å². The summed E-state index contributed by atoms with van der Waals surface area (Å²) in [7, 11) is 2.18. The Morgan fingerprint density at radius 3 is 2.89 bits per heavy atom. The van der Waals surface area contributed by atoms with Crippen LogP contribution in [0.3, 0.4) is 0 Å². The molecule has 1 unspecified atom stereocenters. The summed E-state index contributed by atoms with van der Waals surface area (Å²) in [6, 6.07) is 7.01. The van der Waals surface area contributed by atoms with Gasteiger partial charge in [0.15, 0.2) is 0 Å². The van der Waals surface area contributed by atoms with Crippen molar-refractivity contribution in [3.63, 3.8) is 0 Å². The second kappa shape index (κ2) is 5.61. The van der Waals surface area contributed by atoms with Crippen LogP contribution >= 0.6 is 0 Å². The van der Waals surface area contributed by atoms with Crippen LogP contribution in [0.2, 0.25) is 0 Å². The fraction of sp³-hybridized carbons (Fsp3) is 0.600. The molecule has 1 heterocycles. The third-order valence-electron chi connectivity index (χ3n) is 4.08. The summed E-state index contributed by atoms with van der Waals surface area (Å²) in [4.78, 5) is 4.94. The first kappa shape index (κ1) is 13.2. The Labute approximate surface area is 111 Å². The normalized spacial score (nSPS) is 20.3. The SMILES string of the molecule is CCN1CCCC1CN(C)c1ccc(N)c(C)c1. The van der Waals surface area contributed by atoms with E-state index in [1.807, 2.05) is 6.07 Å². The van der Waals surface area contributed by atoms with Crippen molar-refractivity contribution in [3.8, 4) is 0 Å². The van der Waals surface area contributed by atoms with Gasteiger partial charge in [-0.3, -0.25) is 4.90 Å². The lowest BCUT2D eigenvalue weighted by Crippen LogP contribution is -2.38. The summed E-state index contributed by atoms with van der Waals surface area (Å²) >= 11 is 0. The largest absolute Gasteiger partial charge is 0.399 e. The number of hydrogen-bond acceptors (Lipinski definition) is 3. The van der Waals surface area contributed by atoms with Crippen molar-refractivity contribution < 1.29 is 0 Å². The summed E-state index contributed by atoms with van der Waals surface area (Å²) in [5, 5.41) is 0. The maximum absolute atomic E-state index is 5.87. The number of hydrogen-bond donors (Lipinski definition) is 1. The monoisotopic (exact) mass is 247 g/mol. The van der Waals surface area contributed by atoms with E-state index < -0.39 is 0 Å². The van der Waals surface area contributed by atoms with Gasteiger partial charge in [-0.05, 0) is 56.6 Å². The average molecular weight is 247 g/mol. The molecular weight excluding hydrogens is 222 g/mol. The standard InChI is InChI=1S/C15H25N3/c1-4-18-9-5-6-14(18)11-17(3)13-7-8-15(16)12(2)10-13/h7-8,10,14H,4-6,9,11,16H2,1-3H3. The predicted octanol–water partition coefficient (Wildman–Crippen LogP) is 2.50. The van der Waals surface area contributed by atoms with Crippen molar-refractivity contribution in [1.82, 2.24) is 4.90 Å². The van der Waals surface area contributed by atoms with Gasteiger partial charge >= 0.3 is 0 Å². The van der Waals surface area contributed by atoms with Crippen molar-refractivity contribution >= 4 is 11.4 Å². The lowest BCUT2D eigenvalue weighted by atomic mass is 10.1. The van der Waals surface area contributed by atoms with E-state index >= 15 is 0 Å². The van der Waals surface area contributed by atoms with Crippen molar-refractivity contribution in [1.29, 1.82) is 0 Å². The molecule has 1 fully saturated rings. The summed E-state index contributed by atoms with van der Waals surface area (Å²) in [6.45, 7) is 7.86. The molecule has 0 bridgehead atoms. The molecule has 1 aromatic carbocycles. The van der Waals surface area contributed by atoms with E-state index in [1.165, 1.54) is 31.6 Å². The lowest BCUT2D eigenvalue weighted by molar-refractivity contribution is 0.270. The van der Waals surface area contributed by atoms with E-state index in [0.29, 0.717) is 6.04 Å². The number of benzene rings is 1. The van der Waals surface area contributed by atoms with Crippen LogP contribution in [-0.2, 0) is 0 Å². The number of rotatable bonds is 4. The maximum atomic E-state index is 5.87. The van der Waals surface area contributed by atoms with Gasteiger partial charge in [0, 0.05) is 31.0 Å². The van der Waals surface area contributed by atoms with Gasteiger partial charge in [-0.2, -0.15) is 0 Å². The van der Waals surface area contributed by atoms with Gasteiger partial charge in [0.2, 0.25) is 0 Å². The summed E-state index contributed by atoms with van der Waals surface area (Å²) < 4.78 is 0. The maximum Gasteiger partial charge on any atom is 0.0368 e. The first-order valence-corrected chi connectivity index (χ1v) is 6.93. The highest BCUT2D eigenvalue weighted by atomic mass is 15.2. The second-order valence-electron chi connectivity index (χ2n) is 5.35. The van der Waals surface area contributed by atoms with Crippen LogP contribution in [0.5, 0.6) is 0 Å². The molecule has 0 radical (unpaired) electrons. The quantitative estimate of drug-likeness (QED) is 0.830. The summed E-state index contributed by atoms with van der Waals surface area (Å²) in [5.41, 5.74) is 9.18. The second-order valence-corrected chi connectivity index (χ2v) is 5.35. The van der Waals surface area contributed by atoms with Crippen LogP contribution in [0.1, 0.15) is 25.3 Å². The number of aryl methyl sites for hydroxylation is 1. The van der Waals surface area contributed by atoms with E-state index in [0.717, 1.165) is 17.8 Å². The van der Waals surface area contributed by atoms with Crippen molar-refractivity contribution in [2.24, 2.45) is 0 Å². The van der Waals surface area contributed by atoms with Crippen LogP contribution in [0, 0.1) is 6.92 Å². The highest BCUT2D eigenvalue weighted by Crippen LogP contribution is 2.23. The fourth-order valence-electron chi connectivity index (χ4n) is 2.84. The van der Waals surface area contributed by atoms with Gasteiger partial charge in [-0.1, -0.05) is 6.92 Å². The first-order valence-electron chi connectivity index (χ1n) is 6.93. The molecule has 0 aliphatic carbocycles. The first-order chi connectivity index (χ1) is 8.61. The molecule has 0 saturated carbocycles. The zero-order valence-electron chi connectivity index (χ0n) is 11.8. The fourth-order valence-corrected chi connectivity index (χ4v) is 2.84. The van der Waals surface area contributed by atoms with E-state index in [9.17, 15) is 0 Å². The third-order valence-corrected chi connectivity index (χ3v) is 4.08. The van der Waals surface area contributed by atoms with Crippen LogP contribution < -0.4 is 10.6 Å². The van der Waals surface area contributed by atoms with Crippen LogP contribution in [-0.4, -0.2) is 37.6 Å². The topological polar surface area (TPSA) is 32.5 Å². The molecule has 0 amide bonds. The minimum atomic E-state index is 0.706. The smallest absolute Gasteiger partial charge is 0.0368 e. The molecule has 100 valence electrons. The van der Waals surface area contributed by atoms with Gasteiger partial charge < -0.3 is 10.6 Å². The molecule has 1 saturated heterocycles. The van der Waals surface area contributed by atoms with Gasteiger partial charge in [0.1, 0.15) is 0 Å². The van der Waals surface area contributed by atoms with Gasteiger partial charge in [0.05, 0.1) is 0 Å². The zero-order valence-corrected chi connectivity index (χ0v) is 11.8. The Balaban J connectivity index is 2.02. The minimum Gasteiger partial charge on any atom is -0.399 e. The molecule has 2 rings (SSSR count). The Morgan fingerprint density at radius 1 is 1.44 bits per heavy atom. The molecule has 1 atom stereocenters. The molecular formula is C15H25N3. The van der Waals surface area contributed by atoms with Crippen molar-refractivity contribution in [2.75, 3.05) is 37.3 Å². The van der Waals surface area contributed by atoms with Gasteiger partial charge in [-0.15, -0.1) is 0 Å². The van der Waals surface area contributed by atoms with Gasteiger partial charge in [0.25, 0.3) is 0 Å². The highest BCUT2D eigenvalue weighted by molar-refractivity contribution is 5.57. The number of nitrogen functional groups attached to an aromatic ring is 1. The Hall–Kier alpha value is -1.22. The van der Waals surface area contributed by atoms with Crippen LogP contribution in [0.25, 0.3) is 0 Å². The van der Waals surface area contributed by atoms with E-state index in [2.05, 4.69) is 42.8 Å². The number of likely N-dealkylation sites (tertiary alicyclic amines) is 1. The minimum absolute atomic E-state index is 0.706. The summed E-state index contributed by atoms with van der Waals surface area (Å²) in [5.74, 6) is 0. The molecule has 3 heteroatoms.